The van der Waals surface area contributed by atoms with E-state index in [4.69, 9.17) is 15.4 Å². The van der Waals surface area contributed by atoms with Crippen LogP contribution in [0.4, 0.5) is 0 Å². The summed E-state index contributed by atoms with van der Waals surface area (Å²) >= 11 is 0. The van der Waals surface area contributed by atoms with Crippen LogP contribution in [0.3, 0.4) is 0 Å². The summed E-state index contributed by atoms with van der Waals surface area (Å²) in [7, 11) is 0. The zero-order valence-corrected chi connectivity index (χ0v) is 27.0. The Hall–Kier alpha value is -5.66. The maximum absolute atomic E-state index is 9.91. The molecule has 0 saturated heterocycles. The highest BCUT2D eigenvalue weighted by Crippen LogP contribution is 2.40. The number of nitrogens with zero attached hydrogens (tertiary/aromatic N) is 6. The summed E-state index contributed by atoms with van der Waals surface area (Å²) in [5.74, 6) is 1.25. The van der Waals surface area contributed by atoms with E-state index in [1.165, 1.54) is 0 Å². The molecule has 0 radical (unpaired) electrons. The van der Waals surface area contributed by atoms with Gasteiger partial charge in [0.2, 0.25) is 5.82 Å². The second kappa shape index (κ2) is 14.0. The van der Waals surface area contributed by atoms with Crippen molar-refractivity contribution in [2.24, 2.45) is 0 Å². The molecule has 0 aliphatic heterocycles. The van der Waals surface area contributed by atoms with Crippen LogP contribution in [0.1, 0.15) is 53.5 Å². The predicted molar refractivity (Wildman–Crippen MR) is 189 cm³/mol. The highest BCUT2D eigenvalue weighted by Gasteiger charge is 2.41. The molecule has 2 aromatic heterocycles. The van der Waals surface area contributed by atoms with Crippen LogP contribution in [0.25, 0.3) is 22.5 Å². The molecule has 238 valence electrons. The van der Waals surface area contributed by atoms with Crippen LogP contribution >= 0.6 is 0 Å². The molecule has 0 aliphatic carbocycles. The topological polar surface area (TPSA) is 81.7 Å². The van der Waals surface area contributed by atoms with Crippen molar-refractivity contribution in [2.75, 3.05) is 0 Å². The van der Waals surface area contributed by atoms with Crippen LogP contribution in [0, 0.1) is 0 Å². The minimum absolute atomic E-state index is 0.0780. The van der Waals surface area contributed by atoms with Gasteiger partial charge in [-0.15, -0.1) is 15.0 Å². The Bertz CT molecular complexity index is 1970. The van der Waals surface area contributed by atoms with Gasteiger partial charge in [0.1, 0.15) is 12.4 Å². The molecule has 7 nitrogen and oxygen atoms in total. The molecule has 0 amide bonds. The molecule has 0 saturated carbocycles. The largest absolute Gasteiger partial charge is 0.388 e. The second-order valence-corrected chi connectivity index (χ2v) is 12.0. The Labute approximate surface area is 281 Å². The molecule has 7 rings (SSSR count). The van der Waals surface area contributed by atoms with Crippen molar-refractivity contribution in [3.63, 3.8) is 0 Å². The molecule has 7 aromatic rings. The number of aliphatic hydroxyl groups is 1. The number of hydrogen-bond acceptors (Lipinski definition) is 5. The fourth-order valence-corrected chi connectivity index (χ4v) is 6.58. The summed E-state index contributed by atoms with van der Waals surface area (Å²) in [5, 5.41) is 24.5. The van der Waals surface area contributed by atoms with Gasteiger partial charge in [-0.25, -0.2) is 4.98 Å². The maximum Gasteiger partial charge on any atom is 0.205 e. The van der Waals surface area contributed by atoms with Crippen LogP contribution in [0.2, 0.25) is 0 Å². The minimum Gasteiger partial charge on any atom is -0.388 e. The van der Waals surface area contributed by atoms with Gasteiger partial charge in [-0.3, -0.25) is 0 Å². The summed E-state index contributed by atoms with van der Waals surface area (Å²) in [6, 6.07) is 47.9. The van der Waals surface area contributed by atoms with E-state index in [1.54, 1.807) is 4.80 Å². The monoisotopic (exact) mass is 630 g/mol. The SMILES string of the molecule is CCCCc1cnc(CO)n1Cc1ccc(-c2ccccc2-c2nnn(C(c3ccccc3)(c3ccccc3)c3ccccc3)n2)cc1. The van der Waals surface area contributed by atoms with E-state index in [9.17, 15) is 5.11 Å². The van der Waals surface area contributed by atoms with Gasteiger partial charge in [0.25, 0.3) is 0 Å². The van der Waals surface area contributed by atoms with Crippen molar-refractivity contribution in [3.8, 4) is 22.5 Å². The lowest BCUT2D eigenvalue weighted by atomic mass is 9.77. The fourth-order valence-electron chi connectivity index (χ4n) is 6.58. The lowest BCUT2D eigenvalue weighted by molar-refractivity contribution is 0.265. The highest BCUT2D eigenvalue weighted by atomic mass is 16.3. The normalized spacial score (nSPS) is 11.5. The Kier molecular flexibility index (Phi) is 9.03. The molecule has 2 heterocycles. The van der Waals surface area contributed by atoms with Gasteiger partial charge in [0.05, 0.1) is 0 Å². The van der Waals surface area contributed by atoms with Crippen LogP contribution in [-0.4, -0.2) is 34.9 Å². The Morgan fingerprint density at radius 1 is 0.667 bits per heavy atom. The third kappa shape index (κ3) is 5.85. The first-order chi connectivity index (χ1) is 23.7. The summed E-state index contributed by atoms with van der Waals surface area (Å²) in [5.41, 5.74) is 7.55. The summed E-state index contributed by atoms with van der Waals surface area (Å²) in [6.07, 6.45) is 5.05. The third-order valence-corrected chi connectivity index (χ3v) is 9.01. The lowest BCUT2D eigenvalue weighted by Gasteiger charge is -2.34. The van der Waals surface area contributed by atoms with E-state index >= 15 is 0 Å². The van der Waals surface area contributed by atoms with Gasteiger partial charge in [-0.05, 0) is 51.4 Å². The average molecular weight is 631 g/mol. The maximum atomic E-state index is 9.91. The fraction of sp³-hybridized carbons (Fsp3) is 0.171. The van der Waals surface area contributed by atoms with Crippen molar-refractivity contribution in [3.05, 3.63) is 179 Å². The quantitative estimate of drug-likeness (QED) is 0.139. The summed E-state index contributed by atoms with van der Waals surface area (Å²) in [6.45, 7) is 2.77. The molecule has 0 fully saturated rings. The van der Waals surface area contributed by atoms with Crippen molar-refractivity contribution in [1.82, 2.24) is 29.8 Å². The molecule has 7 heteroatoms. The first-order valence-electron chi connectivity index (χ1n) is 16.5. The molecule has 0 bridgehead atoms. The predicted octanol–water partition coefficient (Wildman–Crippen LogP) is 7.93. The van der Waals surface area contributed by atoms with Crippen molar-refractivity contribution in [2.45, 2.75) is 44.9 Å². The number of aryl methyl sites for hydroxylation is 1. The van der Waals surface area contributed by atoms with Crippen LogP contribution < -0.4 is 0 Å². The van der Waals surface area contributed by atoms with Crippen molar-refractivity contribution in [1.29, 1.82) is 0 Å². The van der Waals surface area contributed by atoms with Crippen molar-refractivity contribution < 1.29 is 5.11 Å². The Morgan fingerprint density at radius 3 is 1.79 bits per heavy atom. The van der Waals surface area contributed by atoms with E-state index in [-0.39, 0.29) is 6.61 Å². The van der Waals surface area contributed by atoms with E-state index < -0.39 is 5.54 Å². The zero-order chi connectivity index (χ0) is 32.8. The number of benzene rings is 5. The van der Waals surface area contributed by atoms with Gasteiger partial charge < -0.3 is 9.67 Å². The number of aliphatic hydroxyl groups excluding tert-OH is 1. The molecule has 1 N–H and O–H groups in total. The first kappa shape index (κ1) is 31.0. The number of imidazole rings is 1. The molecule has 0 atom stereocenters. The first-order valence-corrected chi connectivity index (χ1v) is 16.5. The zero-order valence-electron chi connectivity index (χ0n) is 27.0. The minimum atomic E-state index is -0.845. The lowest BCUT2D eigenvalue weighted by Crippen LogP contribution is -2.39. The smallest absolute Gasteiger partial charge is 0.205 e. The van der Waals surface area contributed by atoms with Gasteiger partial charge in [0, 0.05) is 24.0 Å². The molecular formula is C41H38N6O. The second-order valence-electron chi connectivity index (χ2n) is 12.0. The molecular weight excluding hydrogens is 592 g/mol. The molecule has 0 aliphatic rings. The number of tetrazole rings is 1. The molecule has 48 heavy (non-hydrogen) atoms. The number of rotatable bonds is 12. The van der Waals surface area contributed by atoms with Gasteiger partial charge >= 0.3 is 0 Å². The van der Waals surface area contributed by atoms with Gasteiger partial charge in [0.15, 0.2) is 5.54 Å². The van der Waals surface area contributed by atoms with E-state index in [2.05, 4.69) is 126 Å². The standard InChI is InChI=1S/C41H38N6O/c1-2-3-21-36-28-42-39(30-48)46(36)29-31-24-26-32(27-25-31)37-22-13-14-23-38(37)40-43-45-47(44-40)41(33-15-7-4-8-16-33,34-17-9-5-10-18-34)35-19-11-6-12-20-35/h4-20,22-28,48H,2-3,21,29-30H2,1H3. The highest BCUT2D eigenvalue weighted by molar-refractivity contribution is 5.80. The number of hydrogen-bond donors (Lipinski definition) is 1. The van der Waals surface area contributed by atoms with Crippen molar-refractivity contribution >= 4 is 0 Å². The van der Waals surface area contributed by atoms with Crippen LogP contribution in [0.5, 0.6) is 0 Å². The van der Waals surface area contributed by atoms with Crippen LogP contribution in [0.15, 0.2) is 146 Å². The van der Waals surface area contributed by atoms with Crippen LogP contribution in [-0.2, 0) is 25.1 Å². The van der Waals surface area contributed by atoms with E-state index in [0.29, 0.717) is 18.2 Å². The number of aromatic nitrogens is 6. The molecule has 0 unspecified atom stereocenters. The van der Waals surface area contributed by atoms with Gasteiger partial charge in [-0.1, -0.05) is 153 Å². The Morgan fingerprint density at radius 2 is 1.23 bits per heavy atom. The van der Waals surface area contributed by atoms with Gasteiger partial charge in [-0.2, -0.15) is 0 Å². The van der Waals surface area contributed by atoms with E-state index in [1.807, 2.05) is 36.5 Å². The third-order valence-electron chi connectivity index (χ3n) is 9.01. The molecule has 5 aromatic carbocycles. The summed E-state index contributed by atoms with van der Waals surface area (Å²) in [4.78, 5) is 6.23. The summed E-state index contributed by atoms with van der Waals surface area (Å²) < 4.78 is 2.14. The number of unbranched alkanes of at least 4 members (excludes halogenated alkanes) is 1. The molecule has 0 spiro atoms. The average Bonchev–Trinajstić information content (AvgIpc) is 3.80. The van der Waals surface area contributed by atoms with E-state index in [0.717, 1.165) is 63.9 Å². The Balaban J connectivity index is 1.28.